The SMILES string of the molecule is NCCNc1cc(F)c(S(=O)(=O)Nc2ncc(F)s2)cc1Cl. The Hall–Kier alpha value is -1.49. The molecule has 0 saturated heterocycles. The highest BCUT2D eigenvalue weighted by molar-refractivity contribution is 7.93. The van der Waals surface area contributed by atoms with Crippen molar-refractivity contribution >= 4 is 43.8 Å². The van der Waals surface area contributed by atoms with Crippen LogP contribution in [0.4, 0.5) is 19.6 Å². The molecular weight excluding hydrogens is 358 g/mol. The summed E-state index contributed by atoms with van der Waals surface area (Å²) in [5.41, 5.74) is 5.54. The lowest BCUT2D eigenvalue weighted by molar-refractivity contribution is 0.570. The second-order valence-electron chi connectivity index (χ2n) is 4.05. The normalized spacial score (nSPS) is 11.5. The standard InChI is InChI=1S/C11H11ClF2N4O2S2/c12-6-3-9(7(13)4-8(6)16-2-1-15)22(19,20)18-11-17-5-10(14)21-11/h3-5,16H,1-2,15H2,(H,17,18). The zero-order valence-electron chi connectivity index (χ0n) is 10.9. The van der Waals surface area contributed by atoms with E-state index in [1.165, 1.54) is 0 Å². The van der Waals surface area contributed by atoms with Crippen LogP contribution in [-0.2, 0) is 10.0 Å². The van der Waals surface area contributed by atoms with Gasteiger partial charge in [0.25, 0.3) is 10.0 Å². The van der Waals surface area contributed by atoms with Gasteiger partial charge in [0.15, 0.2) is 10.3 Å². The summed E-state index contributed by atoms with van der Waals surface area (Å²) in [6, 6.07) is 1.91. The van der Waals surface area contributed by atoms with E-state index in [4.69, 9.17) is 17.3 Å². The van der Waals surface area contributed by atoms with E-state index in [1.54, 1.807) is 0 Å². The summed E-state index contributed by atoms with van der Waals surface area (Å²) in [5, 5.41) is 1.90. The Kier molecular flexibility index (Phi) is 5.16. The van der Waals surface area contributed by atoms with Gasteiger partial charge in [-0.15, -0.1) is 0 Å². The molecule has 22 heavy (non-hydrogen) atoms. The van der Waals surface area contributed by atoms with Crippen LogP contribution in [0.1, 0.15) is 0 Å². The average molecular weight is 369 g/mol. The van der Waals surface area contributed by atoms with Crippen LogP contribution in [0.3, 0.4) is 0 Å². The molecule has 11 heteroatoms. The molecule has 0 aliphatic heterocycles. The number of halogens is 3. The first kappa shape index (κ1) is 16.9. The number of sulfonamides is 1. The van der Waals surface area contributed by atoms with Crippen LogP contribution in [0.25, 0.3) is 0 Å². The topological polar surface area (TPSA) is 97.1 Å². The molecule has 120 valence electrons. The number of aromatic nitrogens is 1. The molecule has 0 unspecified atom stereocenters. The number of nitrogens with zero attached hydrogens (tertiary/aromatic N) is 1. The van der Waals surface area contributed by atoms with E-state index in [2.05, 4.69) is 10.3 Å². The van der Waals surface area contributed by atoms with Crippen LogP contribution in [0, 0.1) is 10.9 Å². The molecule has 1 heterocycles. The number of hydrogen-bond donors (Lipinski definition) is 3. The minimum absolute atomic E-state index is 0.0144. The Balaban J connectivity index is 2.32. The van der Waals surface area contributed by atoms with Crippen molar-refractivity contribution in [2.24, 2.45) is 5.73 Å². The van der Waals surface area contributed by atoms with Crippen LogP contribution in [-0.4, -0.2) is 26.5 Å². The molecule has 0 saturated carbocycles. The molecule has 0 bridgehead atoms. The zero-order valence-corrected chi connectivity index (χ0v) is 13.3. The van der Waals surface area contributed by atoms with Gasteiger partial charge in [-0.3, -0.25) is 4.72 Å². The lowest BCUT2D eigenvalue weighted by Crippen LogP contribution is -2.16. The predicted octanol–water partition coefficient (Wildman–Crippen LogP) is 2.25. The van der Waals surface area contributed by atoms with E-state index in [1.807, 2.05) is 4.72 Å². The molecule has 0 spiro atoms. The summed E-state index contributed by atoms with van der Waals surface area (Å²) < 4.78 is 53.0. The monoisotopic (exact) mass is 368 g/mol. The third-order valence-corrected chi connectivity index (χ3v) is 4.97. The minimum Gasteiger partial charge on any atom is -0.382 e. The van der Waals surface area contributed by atoms with Gasteiger partial charge in [-0.25, -0.2) is 17.8 Å². The summed E-state index contributed by atoms with van der Waals surface area (Å²) >= 11 is 6.40. The van der Waals surface area contributed by atoms with Gasteiger partial charge in [0.05, 0.1) is 16.9 Å². The Morgan fingerprint density at radius 3 is 2.68 bits per heavy atom. The van der Waals surface area contributed by atoms with E-state index < -0.39 is 25.9 Å². The van der Waals surface area contributed by atoms with Crippen molar-refractivity contribution in [1.82, 2.24) is 4.98 Å². The number of benzene rings is 1. The first-order valence-corrected chi connectivity index (χ1v) is 8.58. The number of anilines is 2. The minimum atomic E-state index is -4.27. The number of hydrogen-bond acceptors (Lipinski definition) is 6. The maximum absolute atomic E-state index is 14.0. The van der Waals surface area contributed by atoms with E-state index in [-0.39, 0.29) is 15.8 Å². The summed E-state index contributed by atoms with van der Waals surface area (Å²) in [4.78, 5) is 2.85. The van der Waals surface area contributed by atoms with Crippen LogP contribution < -0.4 is 15.8 Å². The Morgan fingerprint density at radius 2 is 2.09 bits per heavy atom. The molecular formula is C11H11ClF2N4O2S2. The lowest BCUT2D eigenvalue weighted by atomic mass is 10.3. The van der Waals surface area contributed by atoms with Crippen LogP contribution >= 0.6 is 22.9 Å². The lowest BCUT2D eigenvalue weighted by Gasteiger charge is -2.11. The van der Waals surface area contributed by atoms with E-state index >= 15 is 0 Å². The van der Waals surface area contributed by atoms with Crippen molar-refractivity contribution in [3.05, 3.63) is 34.3 Å². The second kappa shape index (κ2) is 6.73. The van der Waals surface area contributed by atoms with Gasteiger partial charge in [-0.05, 0) is 12.1 Å². The molecule has 1 aromatic heterocycles. The summed E-state index contributed by atoms with van der Waals surface area (Å²) in [5.74, 6) is -1.01. The smallest absolute Gasteiger partial charge is 0.266 e. The quantitative estimate of drug-likeness (QED) is 0.726. The van der Waals surface area contributed by atoms with Gasteiger partial charge < -0.3 is 11.1 Å². The fourth-order valence-corrected chi connectivity index (χ4v) is 3.72. The molecule has 0 amide bonds. The van der Waals surface area contributed by atoms with Crippen molar-refractivity contribution in [3.8, 4) is 0 Å². The maximum Gasteiger partial charge on any atom is 0.266 e. The van der Waals surface area contributed by atoms with Crippen molar-refractivity contribution in [3.63, 3.8) is 0 Å². The zero-order chi connectivity index (χ0) is 16.3. The Bertz CT molecular complexity index is 782. The molecule has 0 atom stereocenters. The maximum atomic E-state index is 14.0. The van der Waals surface area contributed by atoms with Crippen LogP contribution in [0.5, 0.6) is 0 Å². The Labute approximate surface area is 134 Å². The Morgan fingerprint density at radius 1 is 1.36 bits per heavy atom. The number of rotatable bonds is 6. The molecule has 0 radical (unpaired) electrons. The van der Waals surface area contributed by atoms with Gasteiger partial charge in [-0.1, -0.05) is 22.9 Å². The van der Waals surface area contributed by atoms with Gasteiger partial charge >= 0.3 is 0 Å². The van der Waals surface area contributed by atoms with E-state index in [9.17, 15) is 17.2 Å². The molecule has 0 fully saturated rings. The van der Waals surface area contributed by atoms with E-state index in [0.717, 1.165) is 18.3 Å². The first-order chi connectivity index (χ1) is 10.3. The van der Waals surface area contributed by atoms with Crippen LogP contribution in [0.15, 0.2) is 23.2 Å². The van der Waals surface area contributed by atoms with Crippen molar-refractivity contribution in [2.75, 3.05) is 23.1 Å². The highest BCUT2D eigenvalue weighted by atomic mass is 35.5. The van der Waals surface area contributed by atoms with E-state index in [0.29, 0.717) is 24.4 Å². The molecule has 0 aliphatic carbocycles. The largest absolute Gasteiger partial charge is 0.382 e. The van der Waals surface area contributed by atoms with Crippen molar-refractivity contribution < 1.29 is 17.2 Å². The molecule has 2 aromatic rings. The first-order valence-electron chi connectivity index (χ1n) is 5.90. The molecule has 1 aromatic carbocycles. The fourth-order valence-electron chi connectivity index (χ4n) is 1.55. The summed E-state index contributed by atoms with van der Waals surface area (Å²) in [6.07, 6.45) is 0.853. The van der Waals surface area contributed by atoms with Crippen molar-refractivity contribution in [1.29, 1.82) is 0 Å². The van der Waals surface area contributed by atoms with Crippen molar-refractivity contribution in [2.45, 2.75) is 4.90 Å². The summed E-state index contributed by atoms with van der Waals surface area (Å²) in [7, 11) is -4.27. The third kappa shape index (κ3) is 3.83. The summed E-state index contributed by atoms with van der Waals surface area (Å²) in [6.45, 7) is 0.650. The molecule has 4 N–H and O–H groups in total. The molecule has 2 rings (SSSR count). The number of nitrogens with two attached hydrogens (primary N) is 1. The number of nitrogens with one attached hydrogen (secondary N) is 2. The van der Waals surface area contributed by atoms with Gasteiger partial charge in [0.1, 0.15) is 10.7 Å². The highest BCUT2D eigenvalue weighted by Gasteiger charge is 2.22. The average Bonchev–Trinajstić information content (AvgIpc) is 2.83. The highest BCUT2D eigenvalue weighted by Crippen LogP contribution is 2.29. The molecule has 6 nitrogen and oxygen atoms in total. The molecule has 0 aliphatic rings. The predicted molar refractivity (Wildman–Crippen MR) is 81.8 cm³/mol. The number of thiazole rings is 1. The van der Waals surface area contributed by atoms with Gasteiger partial charge in [0, 0.05) is 13.1 Å². The second-order valence-corrected chi connectivity index (χ2v) is 7.09. The fraction of sp³-hybridized carbons (Fsp3) is 0.182. The third-order valence-electron chi connectivity index (χ3n) is 2.47. The van der Waals surface area contributed by atoms with Crippen LogP contribution in [0.2, 0.25) is 5.02 Å². The van der Waals surface area contributed by atoms with Gasteiger partial charge in [-0.2, -0.15) is 4.39 Å². The van der Waals surface area contributed by atoms with Gasteiger partial charge in [0.2, 0.25) is 0 Å².